The Morgan fingerprint density at radius 1 is 1.05 bits per heavy atom. The zero-order chi connectivity index (χ0) is 28.6. The van der Waals surface area contributed by atoms with Crippen LogP contribution in [0.3, 0.4) is 0 Å². The molecule has 3 heterocycles. The van der Waals surface area contributed by atoms with Gasteiger partial charge in [0.2, 0.25) is 5.91 Å². The number of piperidine rings is 1. The summed E-state index contributed by atoms with van der Waals surface area (Å²) in [4.78, 5) is 41.3. The third-order valence-corrected chi connectivity index (χ3v) is 5.64. The summed E-state index contributed by atoms with van der Waals surface area (Å²) in [5.74, 6) is -4.68. The Balaban J connectivity index is 0.000000404. The Labute approximate surface area is 209 Å². The van der Waals surface area contributed by atoms with Crippen LogP contribution in [0.5, 0.6) is 0 Å². The Morgan fingerprint density at radius 3 is 2.00 bits per heavy atom. The van der Waals surface area contributed by atoms with E-state index < -0.39 is 24.3 Å². The van der Waals surface area contributed by atoms with Crippen LogP contribution in [-0.2, 0) is 20.9 Å². The predicted octanol–water partition coefficient (Wildman–Crippen LogP) is 2.72. The van der Waals surface area contributed by atoms with Crippen molar-refractivity contribution in [2.45, 2.75) is 50.7 Å². The lowest BCUT2D eigenvalue weighted by atomic mass is 9.92. The van der Waals surface area contributed by atoms with Crippen LogP contribution < -0.4 is 0 Å². The molecule has 9 nitrogen and oxygen atoms in total. The van der Waals surface area contributed by atoms with Crippen LogP contribution in [0.15, 0.2) is 24.4 Å². The van der Waals surface area contributed by atoms with Crippen molar-refractivity contribution in [2.75, 3.05) is 33.7 Å². The topological polar surface area (TPSA) is 114 Å². The summed E-state index contributed by atoms with van der Waals surface area (Å²) >= 11 is 0. The van der Waals surface area contributed by atoms with Crippen LogP contribution in [0.25, 0.3) is 0 Å². The summed E-state index contributed by atoms with van der Waals surface area (Å²) < 4.78 is 63.5. The van der Waals surface area contributed by atoms with Crippen LogP contribution in [0, 0.1) is 5.92 Å². The van der Waals surface area contributed by atoms with E-state index in [1.165, 1.54) is 0 Å². The molecule has 0 saturated carbocycles. The summed E-state index contributed by atoms with van der Waals surface area (Å²) in [5.41, 5.74) is 1.14. The maximum atomic E-state index is 12.1. The lowest BCUT2D eigenvalue weighted by molar-refractivity contribution is -0.193. The predicted molar refractivity (Wildman–Crippen MR) is 118 cm³/mol. The molecule has 0 radical (unpaired) electrons. The molecule has 2 aliphatic heterocycles. The fourth-order valence-electron chi connectivity index (χ4n) is 4.37. The Morgan fingerprint density at radius 2 is 1.59 bits per heavy atom. The lowest BCUT2D eigenvalue weighted by Gasteiger charge is -2.38. The smallest absolute Gasteiger partial charge is 0.475 e. The highest BCUT2D eigenvalue weighted by Crippen LogP contribution is 2.36. The number of aliphatic carboxylic acids is 2. The van der Waals surface area contributed by atoms with E-state index in [-0.39, 0.29) is 5.91 Å². The van der Waals surface area contributed by atoms with Crippen molar-refractivity contribution in [2.24, 2.45) is 5.92 Å². The molecule has 210 valence electrons. The van der Waals surface area contributed by atoms with Crippen LogP contribution in [-0.4, -0.2) is 106 Å². The summed E-state index contributed by atoms with van der Waals surface area (Å²) in [6.45, 7) is 5.74. The van der Waals surface area contributed by atoms with Gasteiger partial charge in [-0.05, 0) is 45.0 Å². The Bertz CT molecular complexity index is 874. The second-order valence-electron chi connectivity index (χ2n) is 8.86. The SMILES string of the molecule is CC(=O)N1[C@H](CN(C)C)C[C@@H]2CN(Cc3ccccn3)CC[C@@H]21.O=C(O)C(F)(F)F.O=C(O)C(F)(F)F. The van der Waals surface area contributed by atoms with Gasteiger partial charge in [-0.15, -0.1) is 0 Å². The zero-order valence-corrected chi connectivity index (χ0v) is 20.5. The maximum Gasteiger partial charge on any atom is 0.490 e. The molecule has 0 unspecified atom stereocenters. The molecular weight excluding hydrogens is 514 g/mol. The van der Waals surface area contributed by atoms with Gasteiger partial charge in [-0.3, -0.25) is 14.7 Å². The van der Waals surface area contributed by atoms with E-state index in [4.69, 9.17) is 19.8 Å². The summed E-state index contributed by atoms with van der Waals surface area (Å²) in [6, 6.07) is 6.90. The third-order valence-electron chi connectivity index (χ3n) is 5.64. The van der Waals surface area contributed by atoms with Gasteiger partial charge in [0.25, 0.3) is 0 Å². The van der Waals surface area contributed by atoms with Crippen LogP contribution in [0.2, 0.25) is 0 Å². The van der Waals surface area contributed by atoms with Crippen LogP contribution in [0.1, 0.15) is 25.5 Å². The van der Waals surface area contributed by atoms with Gasteiger partial charge in [0.05, 0.1) is 5.69 Å². The van der Waals surface area contributed by atoms with Crippen molar-refractivity contribution in [1.29, 1.82) is 0 Å². The number of fused-ring (bicyclic) bond motifs is 1. The number of likely N-dealkylation sites (N-methyl/N-ethyl adjacent to an activating group) is 1. The highest BCUT2D eigenvalue weighted by atomic mass is 19.4. The number of carboxylic acid groups (broad SMARTS) is 2. The molecule has 0 aromatic carbocycles. The number of alkyl halides is 6. The Hall–Kier alpha value is -2.94. The fourth-order valence-corrected chi connectivity index (χ4v) is 4.37. The minimum absolute atomic E-state index is 0.238. The number of pyridine rings is 1. The maximum absolute atomic E-state index is 12.1. The van der Waals surface area contributed by atoms with Crippen molar-refractivity contribution >= 4 is 17.8 Å². The molecule has 3 rings (SSSR count). The summed E-state index contributed by atoms with van der Waals surface area (Å²) in [6.07, 6.45) is -6.09. The molecule has 2 aliphatic rings. The summed E-state index contributed by atoms with van der Waals surface area (Å²) in [5, 5.41) is 14.2. The highest BCUT2D eigenvalue weighted by Gasteiger charge is 2.45. The van der Waals surface area contributed by atoms with Crippen molar-refractivity contribution in [3.8, 4) is 0 Å². The number of nitrogens with zero attached hydrogens (tertiary/aromatic N) is 4. The molecule has 2 saturated heterocycles. The zero-order valence-electron chi connectivity index (χ0n) is 20.5. The first-order valence-corrected chi connectivity index (χ1v) is 11.1. The van der Waals surface area contributed by atoms with Gasteiger partial charge in [-0.1, -0.05) is 6.07 Å². The van der Waals surface area contributed by atoms with Gasteiger partial charge in [0, 0.05) is 51.4 Å². The number of hydrogen-bond acceptors (Lipinski definition) is 6. The molecule has 1 aromatic rings. The van der Waals surface area contributed by atoms with E-state index in [1.54, 1.807) is 6.92 Å². The number of amides is 1. The molecule has 37 heavy (non-hydrogen) atoms. The molecule has 1 aromatic heterocycles. The normalized spacial score (nSPS) is 21.8. The molecule has 0 bridgehead atoms. The molecule has 1 amide bonds. The molecular formula is C22H30F6N4O5. The minimum atomic E-state index is -5.08. The summed E-state index contributed by atoms with van der Waals surface area (Å²) in [7, 11) is 4.18. The van der Waals surface area contributed by atoms with E-state index >= 15 is 0 Å². The number of carbonyl (C=O) groups is 3. The minimum Gasteiger partial charge on any atom is -0.475 e. The van der Waals surface area contributed by atoms with Crippen molar-refractivity contribution in [3.63, 3.8) is 0 Å². The first kappa shape index (κ1) is 32.1. The fraction of sp³-hybridized carbons (Fsp3) is 0.636. The van der Waals surface area contributed by atoms with Crippen molar-refractivity contribution in [3.05, 3.63) is 30.1 Å². The first-order chi connectivity index (χ1) is 16.9. The van der Waals surface area contributed by atoms with Crippen molar-refractivity contribution in [1.82, 2.24) is 19.7 Å². The molecule has 0 aliphatic carbocycles. The first-order valence-electron chi connectivity index (χ1n) is 11.1. The molecule has 2 N–H and O–H groups in total. The van der Waals surface area contributed by atoms with E-state index in [0.717, 1.165) is 44.7 Å². The van der Waals surface area contributed by atoms with Gasteiger partial charge in [-0.2, -0.15) is 26.3 Å². The Kier molecular flexibility index (Phi) is 11.8. The van der Waals surface area contributed by atoms with Crippen molar-refractivity contribution < 1.29 is 50.9 Å². The number of rotatable bonds is 4. The molecule has 15 heteroatoms. The quantitative estimate of drug-likeness (QED) is 0.557. The average Bonchev–Trinajstić information content (AvgIpc) is 3.10. The number of hydrogen-bond donors (Lipinski definition) is 2. The van der Waals surface area contributed by atoms with Gasteiger partial charge < -0.3 is 20.0 Å². The van der Waals surface area contributed by atoms with E-state index in [2.05, 4.69) is 45.9 Å². The van der Waals surface area contributed by atoms with E-state index in [1.807, 2.05) is 12.3 Å². The number of carboxylic acids is 2. The number of halogens is 6. The second-order valence-corrected chi connectivity index (χ2v) is 8.86. The molecule has 3 atom stereocenters. The molecule has 0 spiro atoms. The van der Waals surface area contributed by atoms with E-state index in [9.17, 15) is 31.1 Å². The largest absolute Gasteiger partial charge is 0.490 e. The van der Waals surface area contributed by atoms with Crippen LogP contribution in [0.4, 0.5) is 26.3 Å². The average molecular weight is 544 g/mol. The molecule has 2 fully saturated rings. The number of carbonyl (C=O) groups excluding carboxylic acids is 1. The number of likely N-dealkylation sites (tertiary alicyclic amines) is 2. The number of aromatic nitrogens is 1. The standard InChI is InChI=1S/C18H28N4O.2C2HF3O2/c1-14(23)22-17(13-20(2)3)10-15-11-21(9-7-18(15)22)12-16-6-4-5-8-19-16;2*3-2(4,5)1(6)7/h4-6,8,15,17-18H,7,9-13H2,1-3H3;2*(H,6,7)/t15-,17+,18+;;/m1../s1. The second kappa shape index (κ2) is 13.6. The van der Waals surface area contributed by atoms with E-state index in [0.29, 0.717) is 18.0 Å². The monoisotopic (exact) mass is 544 g/mol. The highest BCUT2D eigenvalue weighted by molar-refractivity contribution is 5.74. The van der Waals surface area contributed by atoms with Gasteiger partial charge in [0.1, 0.15) is 0 Å². The third kappa shape index (κ3) is 10.9. The van der Waals surface area contributed by atoms with Gasteiger partial charge >= 0.3 is 24.3 Å². The van der Waals surface area contributed by atoms with Gasteiger partial charge in [0.15, 0.2) is 0 Å². The lowest BCUT2D eigenvalue weighted by Crippen LogP contribution is -2.49. The van der Waals surface area contributed by atoms with Crippen LogP contribution >= 0.6 is 0 Å². The van der Waals surface area contributed by atoms with Gasteiger partial charge in [-0.25, -0.2) is 9.59 Å².